The van der Waals surface area contributed by atoms with Crippen LogP contribution < -0.4 is 4.74 Å². The Hall–Kier alpha value is -1.88. The van der Waals surface area contributed by atoms with Gasteiger partial charge in [-0.05, 0) is 69.7 Å². The Morgan fingerprint density at radius 1 is 1.19 bits per heavy atom. The molecule has 1 amide bonds. The molecule has 2 aliphatic heterocycles. The third-order valence-electron chi connectivity index (χ3n) is 8.51. The molecule has 5 atom stereocenters. The van der Waals surface area contributed by atoms with Gasteiger partial charge in [-0.15, -0.1) is 0 Å². The van der Waals surface area contributed by atoms with Gasteiger partial charge in [0.1, 0.15) is 11.4 Å². The van der Waals surface area contributed by atoms with Gasteiger partial charge >= 0.3 is 0 Å². The van der Waals surface area contributed by atoms with E-state index in [2.05, 4.69) is 23.6 Å². The first-order valence-corrected chi connectivity index (χ1v) is 12.4. The number of hydrogen-bond acceptors (Lipinski definition) is 4. The molecule has 1 spiro atoms. The van der Waals surface area contributed by atoms with E-state index in [4.69, 9.17) is 4.74 Å². The maximum Gasteiger partial charge on any atom is 0.226 e. The van der Waals surface area contributed by atoms with Crippen molar-refractivity contribution in [2.24, 2.45) is 17.8 Å². The molecular weight excluding hydrogens is 388 g/mol. The molecule has 2 aliphatic carbocycles. The predicted octanol–water partition coefficient (Wildman–Crippen LogP) is 4.16. The number of para-hydroxylation sites is 1. The first-order chi connectivity index (χ1) is 15.1. The number of piperidine rings is 1. The minimum atomic E-state index is -0.455. The molecule has 31 heavy (non-hydrogen) atoms. The molecule has 3 fully saturated rings. The molecule has 4 aliphatic rings. The monoisotopic (exact) mass is 424 g/mol. The third-order valence-corrected chi connectivity index (χ3v) is 8.51. The average molecular weight is 425 g/mol. The molecule has 0 radical (unpaired) electrons. The first kappa shape index (κ1) is 21.0. The fraction of sp³-hybridized carbons (Fsp3) is 0.692. The third kappa shape index (κ3) is 3.59. The summed E-state index contributed by atoms with van der Waals surface area (Å²) in [4.78, 5) is 31.2. The molecule has 168 valence electrons. The molecule has 0 aromatic heterocycles. The summed E-state index contributed by atoms with van der Waals surface area (Å²) >= 11 is 0. The van der Waals surface area contributed by atoms with E-state index in [9.17, 15) is 9.59 Å². The Balaban J connectivity index is 1.29. The van der Waals surface area contributed by atoms with Gasteiger partial charge in [0, 0.05) is 31.0 Å². The molecule has 2 saturated carbocycles. The van der Waals surface area contributed by atoms with Gasteiger partial charge in [-0.2, -0.15) is 0 Å². The smallest absolute Gasteiger partial charge is 0.226 e. The minimum Gasteiger partial charge on any atom is -0.486 e. The fourth-order valence-electron chi connectivity index (χ4n) is 6.75. The summed E-state index contributed by atoms with van der Waals surface area (Å²) in [7, 11) is 0. The van der Waals surface area contributed by atoms with E-state index in [-0.39, 0.29) is 17.6 Å². The lowest BCUT2D eigenvalue weighted by molar-refractivity contribution is -0.138. The Morgan fingerprint density at radius 2 is 2.00 bits per heavy atom. The maximum absolute atomic E-state index is 13.7. The van der Waals surface area contributed by atoms with Crippen molar-refractivity contribution in [3.63, 3.8) is 0 Å². The van der Waals surface area contributed by atoms with Crippen molar-refractivity contribution in [2.45, 2.75) is 70.4 Å². The van der Waals surface area contributed by atoms with Gasteiger partial charge in [-0.1, -0.05) is 26.0 Å². The van der Waals surface area contributed by atoms with Crippen LogP contribution in [0.4, 0.5) is 0 Å². The van der Waals surface area contributed by atoms with Gasteiger partial charge < -0.3 is 14.5 Å². The minimum absolute atomic E-state index is 0.0564. The van der Waals surface area contributed by atoms with Gasteiger partial charge in [-0.25, -0.2) is 0 Å². The van der Waals surface area contributed by atoms with E-state index in [0.29, 0.717) is 35.6 Å². The van der Waals surface area contributed by atoms with Crippen molar-refractivity contribution in [3.05, 3.63) is 29.8 Å². The molecule has 0 bridgehead atoms. The van der Waals surface area contributed by atoms with Crippen molar-refractivity contribution < 1.29 is 14.3 Å². The van der Waals surface area contributed by atoms with Crippen molar-refractivity contribution in [1.29, 1.82) is 0 Å². The molecule has 1 saturated heterocycles. The van der Waals surface area contributed by atoms with E-state index in [1.807, 2.05) is 24.3 Å². The number of fused-ring (bicyclic) bond motifs is 3. The molecule has 2 heterocycles. The van der Waals surface area contributed by atoms with E-state index < -0.39 is 5.60 Å². The zero-order valence-corrected chi connectivity index (χ0v) is 19.0. The summed E-state index contributed by atoms with van der Waals surface area (Å²) in [5, 5.41) is 0. The summed E-state index contributed by atoms with van der Waals surface area (Å²) in [6.07, 6.45) is 6.88. The second kappa shape index (κ2) is 8.23. The first-order valence-electron chi connectivity index (χ1n) is 12.4. The highest BCUT2D eigenvalue weighted by Gasteiger charge is 2.71. The highest BCUT2D eigenvalue weighted by Crippen LogP contribution is 2.66. The normalized spacial score (nSPS) is 33.9. The van der Waals surface area contributed by atoms with E-state index in [0.717, 1.165) is 58.3 Å². The number of nitrogens with zero attached hydrogens (tertiary/aromatic N) is 2. The number of likely N-dealkylation sites (tertiary alicyclic amines) is 1. The van der Waals surface area contributed by atoms with Crippen LogP contribution in [0.2, 0.25) is 0 Å². The number of rotatable bonds is 6. The highest BCUT2D eigenvalue weighted by atomic mass is 16.5. The van der Waals surface area contributed by atoms with Crippen molar-refractivity contribution in [1.82, 2.24) is 9.80 Å². The van der Waals surface area contributed by atoms with Gasteiger partial charge in [-0.3, -0.25) is 9.59 Å². The lowest BCUT2D eigenvalue weighted by Gasteiger charge is -2.39. The Kier molecular flexibility index (Phi) is 5.58. The van der Waals surface area contributed by atoms with Crippen LogP contribution in [0, 0.1) is 17.8 Å². The molecular formula is C26H36N2O3. The molecule has 5 rings (SSSR count). The Bertz CT molecular complexity index is 851. The summed E-state index contributed by atoms with van der Waals surface area (Å²) in [6, 6.07) is 7.97. The van der Waals surface area contributed by atoms with Crippen LogP contribution in [0.5, 0.6) is 5.75 Å². The largest absolute Gasteiger partial charge is 0.486 e. The topological polar surface area (TPSA) is 49.9 Å². The highest BCUT2D eigenvalue weighted by molar-refractivity contribution is 6.00. The van der Waals surface area contributed by atoms with E-state index in [1.54, 1.807) is 0 Å². The number of hydrogen-bond donors (Lipinski definition) is 0. The standard InChI is InChI=1S/C26H36N2O3/c1-3-27(4-2)16-13-18-9-7-8-15-28(18)25(30)23-20-12-14-26(24(20)23)17-21(29)19-10-5-6-11-22(19)31-26/h5-6,10-11,18,20,23-24H,3-4,7-9,12-17H2,1-2H3. The van der Waals surface area contributed by atoms with Crippen molar-refractivity contribution in [2.75, 3.05) is 26.2 Å². The molecule has 5 unspecified atom stereocenters. The van der Waals surface area contributed by atoms with Crippen LogP contribution in [0.1, 0.15) is 69.2 Å². The van der Waals surface area contributed by atoms with Crippen LogP contribution in [0.25, 0.3) is 0 Å². The van der Waals surface area contributed by atoms with E-state index in [1.165, 1.54) is 6.42 Å². The van der Waals surface area contributed by atoms with Gasteiger partial charge in [0.2, 0.25) is 5.91 Å². The Labute approximate surface area is 186 Å². The number of Topliss-reactive ketones (excluding diaryl/α,β-unsaturated/α-hetero) is 1. The SMILES string of the molecule is CCN(CC)CCC1CCCCN1C(=O)C1C2CCC3(CC(=O)c4ccccc4O3)C21. The van der Waals surface area contributed by atoms with Crippen LogP contribution in [-0.2, 0) is 4.79 Å². The number of ketones is 1. The number of amides is 1. The zero-order chi connectivity index (χ0) is 21.6. The molecule has 1 aromatic carbocycles. The average Bonchev–Trinajstić information content (AvgIpc) is 3.44. The second-order valence-corrected chi connectivity index (χ2v) is 10.0. The quantitative estimate of drug-likeness (QED) is 0.688. The van der Waals surface area contributed by atoms with Crippen LogP contribution in [0.3, 0.4) is 0 Å². The second-order valence-electron chi connectivity index (χ2n) is 10.0. The number of carbonyl (C=O) groups excluding carboxylic acids is 2. The number of carbonyl (C=O) groups is 2. The molecule has 0 N–H and O–H groups in total. The summed E-state index contributed by atoms with van der Waals surface area (Å²) in [5.41, 5.74) is 0.246. The summed E-state index contributed by atoms with van der Waals surface area (Å²) in [6.45, 7) is 8.52. The van der Waals surface area contributed by atoms with Crippen LogP contribution in [-0.4, -0.2) is 59.3 Å². The molecule has 5 nitrogen and oxygen atoms in total. The van der Waals surface area contributed by atoms with Gasteiger partial charge in [0.25, 0.3) is 0 Å². The maximum atomic E-state index is 13.7. The predicted molar refractivity (Wildman–Crippen MR) is 120 cm³/mol. The Morgan fingerprint density at radius 3 is 2.81 bits per heavy atom. The lowest BCUT2D eigenvalue weighted by Crippen LogP contribution is -2.48. The van der Waals surface area contributed by atoms with Gasteiger partial charge in [0.15, 0.2) is 5.78 Å². The molecule has 1 aromatic rings. The van der Waals surface area contributed by atoms with Gasteiger partial charge in [0.05, 0.1) is 12.0 Å². The number of benzene rings is 1. The van der Waals surface area contributed by atoms with E-state index >= 15 is 0 Å². The van der Waals surface area contributed by atoms with Crippen molar-refractivity contribution in [3.8, 4) is 5.75 Å². The van der Waals surface area contributed by atoms with Crippen molar-refractivity contribution >= 4 is 11.7 Å². The lowest BCUT2D eigenvalue weighted by atomic mass is 9.84. The fourth-order valence-corrected chi connectivity index (χ4v) is 6.75. The van der Waals surface area contributed by atoms with Crippen LogP contribution >= 0.6 is 0 Å². The van der Waals surface area contributed by atoms with Crippen LogP contribution in [0.15, 0.2) is 24.3 Å². The molecule has 5 heteroatoms. The summed E-state index contributed by atoms with van der Waals surface area (Å²) < 4.78 is 6.51. The zero-order valence-electron chi connectivity index (χ0n) is 19.0. The number of ether oxygens (including phenoxy) is 1. The summed E-state index contributed by atoms with van der Waals surface area (Å²) in [5.74, 6) is 1.90.